The number of nitrogen functional groups attached to an aromatic ring is 1. The number of amides is 1. The zero-order chi connectivity index (χ0) is 18.7. The Morgan fingerprint density at radius 2 is 1.81 bits per heavy atom. The number of carbonyl (C=O) groups is 1. The van der Waals surface area contributed by atoms with Gasteiger partial charge in [0.15, 0.2) is 0 Å². The molecule has 0 unspecified atom stereocenters. The summed E-state index contributed by atoms with van der Waals surface area (Å²) in [7, 11) is 0. The van der Waals surface area contributed by atoms with Gasteiger partial charge in [-0.05, 0) is 52.5 Å². The number of hydrogen-bond donors (Lipinski definition) is 3. The third-order valence-corrected chi connectivity index (χ3v) is 4.60. The first-order valence-corrected chi connectivity index (χ1v) is 9.21. The van der Waals surface area contributed by atoms with Gasteiger partial charge in [-0.3, -0.25) is 4.98 Å². The molecule has 1 amide bonds. The molecule has 1 saturated carbocycles. The van der Waals surface area contributed by atoms with Gasteiger partial charge in [0.05, 0.1) is 23.1 Å². The molecule has 1 aliphatic carbocycles. The topological polar surface area (TPSA) is 89.3 Å². The standard InChI is InChI=1S/C20H28N4O2/c1-20(2,3)26-19(25)24-14-10-8-13(9-11-14)23-18-15-6-4-5-7-17(15)22-12-16(18)21/h4-7,12-14H,8-11,21H2,1-3H3,(H,22,23)(H,24,25). The van der Waals surface area contributed by atoms with Gasteiger partial charge in [-0.15, -0.1) is 0 Å². The van der Waals surface area contributed by atoms with Crippen LogP contribution in [0, 0.1) is 0 Å². The zero-order valence-corrected chi connectivity index (χ0v) is 15.7. The molecule has 26 heavy (non-hydrogen) atoms. The Hall–Kier alpha value is -2.50. The highest BCUT2D eigenvalue weighted by atomic mass is 16.6. The normalized spacial score (nSPS) is 20.6. The molecule has 140 valence electrons. The summed E-state index contributed by atoms with van der Waals surface area (Å²) in [5.41, 5.74) is 8.24. The molecule has 4 N–H and O–H groups in total. The summed E-state index contributed by atoms with van der Waals surface area (Å²) >= 11 is 0. The lowest BCUT2D eigenvalue weighted by Gasteiger charge is -2.31. The van der Waals surface area contributed by atoms with Crippen LogP contribution in [0.4, 0.5) is 16.2 Å². The largest absolute Gasteiger partial charge is 0.444 e. The number of benzene rings is 1. The molecule has 6 nitrogen and oxygen atoms in total. The summed E-state index contributed by atoms with van der Waals surface area (Å²) in [6.45, 7) is 5.62. The van der Waals surface area contributed by atoms with Crippen LogP contribution in [0.5, 0.6) is 0 Å². The molecule has 1 aromatic heterocycles. The van der Waals surface area contributed by atoms with Crippen molar-refractivity contribution in [3.05, 3.63) is 30.5 Å². The third-order valence-electron chi connectivity index (χ3n) is 4.60. The monoisotopic (exact) mass is 356 g/mol. The summed E-state index contributed by atoms with van der Waals surface area (Å²) in [6.07, 6.45) is 5.14. The van der Waals surface area contributed by atoms with Crippen molar-refractivity contribution in [3.63, 3.8) is 0 Å². The molecule has 0 spiro atoms. The Morgan fingerprint density at radius 1 is 1.15 bits per heavy atom. The first kappa shape index (κ1) is 18.3. The lowest BCUT2D eigenvalue weighted by atomic mass is 9.91. The molecule has 1 heterocycles. The van der Waals surface area contributed by atoms with Crippen LogP contribution in [0.15, 0.2) is 30.5 Å². The molecular formula is C20H28N4O2. The number of anilines is 2. The third kappa shape index (κ3) is 4.56. The van der Waals surface area contributed by atoms with Crippen molar-refractivity contribution in [2.24, 2.45) is 0 Å². The minimum atomic E-state index is -0.469. The zero-order valence-electron chi connectivity index (χ0n) is 15.7. The Kier molecular flexibility index (Phi) is 5.20. The molecule has 0 bridgehead atoms. The summed E-state index contributed by atoms with van der Waals surface area (Å²) in [5, 5.41) is 7.62. The average Bonchev–Trinajstić information content (AvgIpc) is 2.57. The van der Waals surface area contributed by atoms with Gasteiger partial charge in [0.1, 0.15) is 5.60 Å². The maximum absolute atomic E-state index is 11.9. The van der Waals surface area contributed by atoms with E-state index < -0.39 is 5.60 Å². The maximum Gasteiger partial charge on any atom is 0.407 e. The smallest absolute Gasteiger partial charge is 0.407 e. The minimum absolute atomic E-state index is 0.162. The lowest BCUT2D eigenvalue weighted by molar-refractivity contribution is 0.0492. The van der Waals surface area contributed by atoms with Crippen molar-refractivity contribution in [2.45, 2.75) is 64.1 Å². The van der Waals surface area contributed by atoms with Gasteiger partial charge in [0.2, 0.25) is 0 Å². The first-order valence-electron chi connectivity index (χ1n) is 9.21. The van der Waals surface area contributed by atoms with Gasteiger partial charge in [-0.2, -0.15) is 0 Å². The van der Waals surface area contributed by atoms with E-state index in [1.807, 2.05) is 45.0 Å². The van der Waals surface area contributed by atoms with E-state index in [2.05, 4.69) is 15.6 Å². The SMILES string of the molecule is CC(C)(C)OC(=O)NC1CCC(Nc2c(N)cnc3ccccc23)CC1. The van der Waals surface area contributed by atoms with Crippen LogP contribution in [0.25, 0.3) is 10.9 Å². The van der Waals surface area contributed by atoms with Crippen molar-refractivity contribution in [1.29, 1.82) is 0 Å². The van der Waals surface area contributed by atoms with Gasteiger partial charge in [0.25, 0.3) is 0 Å². The van der Waals surface area contributed by atoms with Crippen molar-refractivity contribution < 1.29 is 9.53 Å². The number of aromatic nitrogens is 1. The van der Waals surface area contributed by atoms with Gasteiger partial charge in [-0.1, -0.05) is 18.2 Å². The van der Waals surface area contributed by atoms with Crippen LogP contribution in [0.3, 0.4) is 0 Å². The predicted octanol–water partition coefficient (Wildman–Crippen LogP) is 4.06. The van der Waals surface area contributed by atoms with E-state index in [9.17, 15) is 4.79 Å². The maximum atomic E-state index is 11.9. The quantitative estimate of drug-likeness (QED) is 0.771. The number of pyridine rings is 1. The molecule has 1 aliphatic rings. The Morgan fingerprint density at radius 3 is 2.50 bits per heavy atom. The van der Waals surface area contributed by atoms with Gasteiger partial charge < -0.3 is 21.1 Å². The van der Waals surface area contributed by atoms with Crippen LogP contribution in [-0.4, -0.2) is 28.8 Å². The Labute approximate surface area is 154 Å². The molecule has 0 aliphatic heterocycles. The fourth-order valence-corrected chi connectivity index (χ4v) is 3.38. The summed E-state index contributed by atoms with van der Waals surface area (Å²) < 4.78 is 5.34. The molecule has 3 rings (SSSR count). The number of nitrogens with two attached hydrogens (primary N) is 1. The van der Waals surface area contributed by atoms with Gasteiger partial charge >= 0.3 is 6.09 Å². The highest BCUT2D eigenvalue weighted by molar-refractivity contribution is 5.96. The van der Waals surface area contributed by atoms with Crippen molar-refractivity contribution in [2.75, 3.05) is 11.1 Å². The van der Waals surface area contributed by atoms with E-state index in [4.69, 9.17) is 10.5 Å². The lowest BCUT2D eigenvalue weighted by Crippen LogP contribution is -2.42. The van der Waals surface area contributed by atoms with E-state index in [0.29, 0.717) is 11.7 Å². The van der Waals surface area contributed by atoms with Crippen molar-refractivity contribution in [3.8, 4) is 0 Å². The van der Waals surface area contributed by atoms with Crippen LogP contribution < -0.4 is 16.4 Å². The highest BCUT2D eigenvalue weighted by Crippen LogP contribution is 2.31. The number of fused-ring (bicyclic) bond motifs is 1. The molecular weight excluding hydrogens is 328 g/mol. The number of rotatable bonds is 3. The van der Waals surface area contributed by atoms with E-state index in [-0.39, 0.29) is 12.1 Å². The molecule has 6 heteroatoms. The fraction of sp³-hybridized carbons (Fsp3) is 0.500. The number of ether oxygens (including phenoxy) is 1. The number of para-hydroxylation sites is 1. The Bertz CT molecular complexity index is 777. The van der Waals surface area contributed by atoms with E-state index in [1.54, 1.807) is 6.20 Å². The molecule has 2 aromatic rings. The molecule has 0 radical (unpaired) electrons. The molecule has 1 aromatic carbocycles. The second-order valence-electron chi connectivity index (χ2n) is 7.94. The first-order chi connectivity index (χ1) is 12.3. The summed E-state index contributed by atoms with van der Waals surface area (Å²) in [5.74, 6) is 0. The van der Waals surface area contributed by atoms with Crippen molar-refractivity contribution >= 4 is 28.4 Å². The highest BCUT2D eigenvalue weighted by Gasteiger charge is 2.25. The number of carbonyl (C=O) groups excluding carboxylic acids is 1. The predicted molar refractivity (Wildman–Crippen MR) is 105 cm³/mol. The minimum Gasteiger partial charge on any atom is -0.444 e. The second kappa shape index (κ2) is 7.40. The fourth-order valence-electron chi connectivity index (χ4n) is 3.38. The molecule has 0 atom stereocenters. The van der Waals surface area contributed by atoms with Crippen LogP contribution in [-0.2, 0) is 4.74 Å². The Balaban J connectivity index is 1.58. The van der Waals surface area contributed by atoms with E-state index in [1.165, 1.54) is 0 Å². The summed E-state index contributed by atoms with van der Waals surface area (Å²) in [4.78, 5) is 16.3. The number of hydrogen-bond acceptors (Lipinski definition) is 5. The van der Waals surface area contributed by atoms with Gasteiger partial charge in [0, 0.05) is 17.5 Å². The summed E-state index contributed by atoms with van der Waals surface area (Å²) in [6, 6.07) is 8.49. The average molecular weight is 356 g/mol. The van der Waals surface area contributed by atoms with Crippen molar-refractivity contribution in [1.82, 2.24) is 10.3 Å². The van der Waals surface area contributed by atoms with E-state index >= 15 is 0 Å². The van der Waals surface area contributed by atoms with Crippen LogP contribution >= 0.6 is 0 Å². The number of alkyl carbamates (subject to hydrolysis) is 1. The van der Waals surface area contributed by atoms with E-state index in [0.717, 1.165) is 42.3 Å². The van der Waals surface area contributed by atoms with Gasteiger partial charge in [-0.25, -0.2) is 4.79 Å². The van der Waals surface area contributed by atoms with Crippen LogP contribution in [0.1, 0.15) is 46.5 Å². The molecule has 1 fully saturated rings. The molecule has 0 saturated heterocycles. The number of nitrogens with one attached hydrogen (secondary N) is 2. The second-order valence-corrected chi connectivity index (χ2v) is 7.94. The van der Waals surface area contributed by atoms with Crippen LogP contribution in [0.2, 0.25) is 0 Å². The number of nitrogens with zero attached hydrogens (tertiary/aromatic N) is 1.